The maximum atomic E-state index is 10.1. The summed E-state index contributed by atoms with van der Waals surface area (Å²) in [5.74, 6) is -5.98. The van der Waals surface area contributed by atoms with Gasteiger partial charge in [-0.15, -0.1) is 0 Å². The van der Waals surface area contributed by atoms with Gasteiger partial charge < -0.3 is 34.8 Å². The van der Waals surface area contributed by atoms with Crippen LogP contribution < -0.4 is 104 Å². The second kappa shape index (κ2) is 14.3. The predicted molar refractivity (Wildman–Crippen MR) is 29.2 cm³/mol. The van der Waals surface area contributed by atoms with Crippen molar-refractivity contribution in [3.05, 3.63) is 0 Å². The third-order valence-electron chi connectivity index (χ3n) is 1.25. The van der Waals surface area contributed by atoms with E-state index < -0.39 is 36.4 Å². The second-order valence-electron chi connectivity index (χ2n) is 2.42. The van der Waals surface area contributed by atoms with Gasteiger partial charge in [0.1, 0.15) is 5.60 Å². The Bertz CT molecular complexity index is 244. The van der Waals surface area contributed by atoms with Gasteiger partial charge in [-0.3, -0.25) is 0 Å². The van der Waals surface area contributed by atoms with Gasteiger partial charge >= 0.3 is 106 Å². The molecule has 7 nitrogen and oxygen atoms in total. The van der Waals surface area contributed by atoms with Gasteiger partial charge in [0.15, 0.2) is 0 Å². The number of hydrogen-bond donors (Lipinski definition) is 1. The fourth-order valence-electron chi connectivity index (χ4n) is 0.684. The van der Waals surface area contributed by atoms with Crippen LogP contribution in [0.5, 0.6) is 0 Å². The number of hydrogen-bond acceptors (Lipinski definition) is 7. The van der Waals surface area contributed by atoms with E-state index in [0.717, 1.165) is 0 Å². The Kier molecular flexibility index (Phi) is 26.4. The van der Waals surface area contributed by atoms with Crippen molar-refractivity contribution in [3.63, 3.8) is 0 Å². The molecule has 0 saturated heterocycles. The van der Waals surface area contributed by atoms with Crippen LogP contribution in [-0.4, -0.2) is 28.6 Å². The first-order valence-corrected chi connectivity index (χ1v) is 3.11. The Morgan fingerprint density at radius 3 is 1.24 bits per heavy atom. The van der Waals surface area contributed by atoms with Gasteiger partial charge in [0, 0.05) is 24.8 Å². The van der Waals surface area contributed by atoms with E-state index >= 15 is 0 Å². The van der Waals surface area contributed by atoms with E-state index in [2.05, 4.69) is 0 Å². The molecular weight excluding hydrogens is 308 g/mol. The SMILES string of the molecule is O=C([O-])CC(O)(CC(=O)[O-])C(=O)[O-].[Mn+2].[Na+].[Na+].[Na+]. The van der Waals surface area contributed by atoms with E-state index in [1.165, 1.54) is 0 Å². The smallest absolute Gasteiger partial charge is 0.550 e. The van der Waals surface area contributed by atoms with Crippen molar-refractivity contribution in [2.75, 3.05) is 0 Å². The summed E-state index contributed by atoms with van der Waals surface area (Å²) in [5, 5.41) is 38.9. The predicted octanol–water partition coefficient (Wildman–Crippen LogP) is -14.2. The molecule has 0 aliphatic rings. The molecule has 0 spiro atoms. The molecule has 0 amide bonds. The molecule has 1 radical (unpaired) electrons. The summed E-state index contributed by atoms with van der Waals surface area (Å²) in [6.45, 7) is 0. The number of carboxylic acid groups (broad SMARTS) is 3. The summed E-state index contributed by atoms with van der Waals surface area (Å²) in [5.41, 5.74) is -2.97. The minimum absolute atomic E-state index is 0. The van der Waals surface area contributed by atoms with E-state index in [1.807, 2.05) is 0 Å². The van der Waals surface area contributed by atoms with Crippen molar-refractivity contribution >= 4 is 17.9 Å². The van der Waals surface area contributed by atoms with Gasteiger partial charge in [0.25, 0.3) is 0 Å². The zero-order chi connectivity index (χ0) is 10.6. The minimum Gasteiger partial charge on any atom is -0.550 e. The molecule has 0 rings (SSSR count). The molecule has 0 aliphatic carbocycles. The molecule has 0 fully saturated rings. The molecule has 0 aromatic heterocycles. The van der Waals surface area contributed by atoms with Crippen molar-refractivity contribution in [1.29, 1.82) is 0 Å². The van der Waals surface area contributed by atoms with E-state index in [9.17, 15) is 29.7 Å². The maximum Gasteiger partial charge on any atom is 2.00 e. The van der Waals surface area contributed by atoms with Crippen molar-refractivity contribution < 1.29 is 141 Å². The van der Waals surface area contributed by atoms with Crippen LogP contribution in [0.2, 0.25) is 0 Å². The average Bonchev–Trinajstić information content (AvgIpc) is 1.82. The molecule has 0 aromatic rings. The molecule has 1 N–H and O–H groups in total. The van der Waals surface area contributed by atoms with Crippen LogP contribution in [0.25, 0.3) is 0 Å². The van der Waals surface area contributed by atoms with E-state index in [-0.39, 0.29) is 106 Å². The van der Waals surface area contributed by atoms with Crippen LogP contribution in [0, 0.1) is 0 Å². The topological polar surface area (TPSA) is 141 Å². The first kappa shape index (κ1) is 31.3. The molecule has 79 valence electrons. The first-order chi connectivity index (χ1) is 5.78. The van der Waals surface area contributed by atoms with Crippen molar-refractivity contribution in [2.24, 2.45) is 0 Å². The fourth-order valence-corrected chi connectivity index (χ4v) is 0.684. The van der Waals surface area contributed by atoms with Gasteiger partial charge in [-0.2, -0.15) is 0 Å². The van der Waals surface area contributed by atoms with Gasteiger partial charge in [-0.25, -0.2) is 0 Å². The Labute approximate surface area is 174 Å². The second-order valence-corrected chi connectivity index (χ2v) is 2.42. The normalized spacial score (nSPS) is 8.29. The minimum atomic E-state index is -2.97. The zero-order valence-corrected chi connectivity index (χ0v) is 16.9. The molecule has 17 heavy (non-hydrogen) atoms. The van der Waals surface area contributed by atoms with Crippen LogP contribution in [0.15, 0.2) is 0 Å². The Hall–Kier alpha value is 1.89. The summed E-state index contributed by atoms with van der Waals surface area (Å²) >= 11 is 0. The third kappa shape index (κ3) is 14.1. The number of aliphatic hydroxyl groups is 1. The molecule has 0 heterocycles. The first-order valence-electron chi connectivity index (χ1n) is 3.11. The molecule has 0 bridgehead atoms. The van der Waals surface area contributed by atoms with Gasteiger partial charge in [0.05, 0.1) is 5.97 Å². The monoisotopic (exact) mass is 313 g/mol. The molecule has 0 atom stereocenters. The van der Waals surface area contributed by atoms with Crippen molar-refractivity contribution in [3.8, 4) is 0 Å². The Morgan fingerprint density at radius 2 is 1.12 bits per heavy atom. The zero-order valence-electron chi connectivity index (χ0n) is 9.69. The van der Waals surface area contributed by atoms with Crippen LogP contribution in [-0.2, 0) is 31.5 Å². The number of carbonyl (C=O) groups is 3. The molecular formula is C6H5MnNa3O7+2. The molecule has 11 heteroatoms. The third-order valence-corrected chi connectivity index (χ3v) is 1.25. The summed E-state index contributed by atoms with van der Waals surface area (Å²) in [4.78, 5) is 30.0. The summed E-state index contributed by atoms with van der Waals surface area (Å²) in [6.07, 6.45) is -2.72. The van der Waals surface area contributed by atoms with Crippen LogP contribution in [0.4, 0.5) is 0 Å². The summed E-state index contributed by atoms with van der Waals surface area (Å²) in [6, 6.07) is 0. The fraction of sp³-hybridized carbons (Fsp3) is 0.500. The summed E-state index contributed by atoms with van der Waals surface area (Å²) in [7, 11) is 0. The number of aliphatic carboxylic acids is 3. The average molecular weight is 313 g/mol. The van der Waals surface area contributed by atoms with Crippen molar-refractivity contribution in [1.82, 2.24) is 0 Å². The quantitative estimate of drug-likeness (QED) is 0.497. The molecule has 0 aliphatic heterocycles. The number of carbonyl (C=O) groups excluding carboxylic acids is 3. The van der Waals surface area contributed by atoms with Crippen molar-refractivity contribution in [2.45, 2.75) is 18.4 Å². The van der Waals surface area contributed by atoms with E-state index in [4.69, 9.17) is 5.11 Å². The van der Waals surface area contributed by atoms with E-state index in [0.29, 0.717) is 0 Å². The van der Waals surface area contributed by atoms with Crippen LogP contribution >= 0.6 is 0 Å². The standard InChI is InChI=1S/C6H8O7.Mn.3Na/c7-3(8)1-6(13,5(11)12)2-4(9)10;;;;/h13H,1-2H2,(H,7,8)(H,9,10)(H,11,12);;;;/q;+2;3*+1/p-3. The molecule has 0 saturated carbocycles. The largest absolute Gasteiger partial charge is 2.00 e. The van der Waals surface area contributed by atoms with Crippen LogP contribution in [0.3, 0.4) is 0 Å². The Balaban J connectivity index is -0.000000120. The van der Waals surface area contributed by atoms with E-state index in [1.54, 1.807) is 0 Å². The number of carboxylic acids is 3. The maximum absolute atomic E-state index is 10.1. The Morgan fingerprint density at radius 1 is 0.882 bits per heavy atom. The summed E-state index contributed by atoms with van der Waals surface area (Å²) < 4.78 is 0. The number of rotatable bonds is 5. The van der Waals surface area contributed by atoms with Crippen LogP contribution in [0.1, 0.15) is 12.8 Å². The van der Waals surface area contributed by atoms with Gasteiger partial charge in [0.2, 0.25) is 0 Å². The molecule has 0 aromatic carbocycles. The van der Waals surface area contributed by atoms with Gasteiger partial charge in [-0.05, 0) is 0 Å². The molecule has 0 unspecified atom stereocenters. The van der Waals surface area contributed by atoms with Gasteiger partial charge in [-0.1, -0.05) is 0 Å².